The molecule has 5 nitrogen and oxygen atoms in total. The Balaban J connectivity index is 1.53. The van der Waals surface area contributed by atoms with Crippen LogP contribution in [0.5, 0.6) is 0 Å². The lowest BCUT2D eigenvalue weighted by Gasteiger charge is -2.30. The van der Waals surface area contributed by atoms with Gasteiger partial charge in [0.05, 0.1) is 5.56 Å². The third-order valence-electron chi connectivity index (χ3n) is 5.38. The van der Waals surface area contributed by atoms with E-state index in [4.69, 9.17) is 0 Å². The van der Waals surface area contributed by atoms with Crippen LogP contribution in [0.15, 0.2) is 36.7 Å². The van der Waals surface area contributed by atoms with Crippen molar-refractivity contribution in [1.29, 1.82) is 0 Å². The maximum absolute atomic E-state index is 13.0. The summed E-state index contributed by atoms with van der Waals surface area (Å²) < 4.78 is 0. The van der Waals surface area contributed by atoms with E-state index in [-0.39, 0.29) is 11.9 Å². The van der Waals surface area contributed by atoms with Gasteiger partial charge in [-0.25, -0.2) is 9.97 Å². The van der Waals surface area contributed by atoms with Gasteiger partial charge in [-0.15, -0.1) is 0 Å². The van der Waals surface area contributed by atoms with Crippen LogP contribution in [-0.4, -0.2) is 35.0 Å². The summed E-state index contributed by atoms with van der Waals surface area (Å²) in [7, 11) is 0. The average Bonchev–Trinajstić information content (AvgIpc) is 2.97. The van der Waals surface area contributed by atoms with E-state index in [9.17, 15) is 4.79 Å². The van der Waals surface area contributed by atoms with Crippen molar-refractivity contribution < 1.29 is 4.79 Å². The van der Waals surface area contributed by atoms with Gasteiger partial charge >= 0.3 is 0 Å². The zero-order valence-electron chi connectivity index (χ0n) is 14.9. The Morgan fingerprint density at radius 2 is 1.76 bits per heavy atom. The first-order valence-corrected chi connectivity index (χ1v) is 9.12. The van der Waals surface area contributed by atoms with Gasteiger partial charge in [-0.1, -0.05) is 25.1 Å². The summed E-state index contributed by atoms with van der Waals surface area (Å²) in [6.45, 7) is 6.35. The van der Waals surface area contributed by atoms with Gasteiger partial charge in [-0.05, 0) is 43.7 Å². The molecule has 0 radical (unpaired) electrons. The van der Waals surface area contributed by atoms with Crippen LogP contribution in [0.4, 0.5) is 11.6 Å². The Hall–Kier alpha value is -2.43. The molecule has 4 rings (SSSR count). The van der Waals surface area contributed by atoms with Gasteiger partial charge in [0, 0.05) is 37.2 Å². The van der Waals surface area contributed by atoms with E-state index < -0.39 is 0 Å². The second-order valence-corrected chi connectivity index (χ2v) is 7.30. The van der Waals surface area contributed by atoms with Crippen LogP contribution < -0.4 is 9.80 Å². The Kier molecular flexibility index (Phi) is 4.15. The summed E-state index contributed by atoms with van der Waals surface area (Å²) >= 11 is 0. The third kappa shape index (κ3) is 2.99. The fourth-order valence-electron chi connectivity index (χ4n) is 3.82. The van der Waals surface area contributed by atoms with Gasteiger partial charge in [-0.3, -0.25) is 4.79 Å². The molecule has 1 amide bonds. The van der Waals surface area contributed by atoms with Gasteiger partial charge < -0.3 is 9.80 Å². The van der Waals surface area contributed by atoms with Gasteiger partial charge in [0.1, 0.15) is 0 Å². The first-order chi connectivity index (χ1) is 12.1. The second-order valence-electron chi connectivity index (χ2n) is 7.30. The van der Waals surface area contributed by atoms with E-state index in [1.807, 2.05) is 23.1 Å². The average molecular weight is 336 g/mol. The molecule has 25 heavy (non-hydrogen) atoms. The summed E-state index contributed by atoms with van der Waals surface area (Å²) in [5.41, 5.74) is 2.79. The van der Waals surface area contributed by atoms with E-state index in [0.29, 0.717) is 5.56 Å². The van der Waals surface area contributed by atoms with Crippen molar-refractivity contribution in [3.63, 3.8) is 0 Å². The molecule has 1 aromatic carbocycles. The Bertz CT molecular complexity index is 766. The standard InChI is InChI=1S/C20H24N4O/c1-14-7-9-23(10-8-14)20-21-12-17(13-22-20)19(25)24-15(2)11-16-5-3-4-6-18(16)24/h3-6,12-15H,7-11H2,1-2H3. The summed E-state index contributed by atoms with van der Waals surface area (Å²) in [5.74, 6) is 1.49. The maximum atomic E-state index is 13.0. The smallest absolute Gasteiger partial charge is 0.261 e. The lowest BCUT2D eigenvalue weighted by Crippen LogP contribution is -2.36. The normalized spacial score (nSPS) is 20.6. The minimum absolute atomic E-state index is 0.0173. The van der Waals surface area contributed by atoms with Crippen LogP contribution in [0, 0.1) is 5.92 Å². The number of hydrogen-bond acceptors (Lipinski definition) is 4. The topological polar surface area (TPSA) is 49.3 Å². The molecule has 130 valence electrons. The summed E-state index contributed by atoms with van der Waals surface area (Å²) in [4.78, 5) is 26.0. The van der Waals surface area contributed by atoms with E-state index in [0.717, 1.165) is 37.1 Å². The van der Waals surface area contributed by atoms with Crippen molar-refractivity contribution in [1.82, 2.24) is 9.97 Å². The number of para-hydroxylation sites is 1. The first-order valence-electron chi connectivity index (χ1n) is 9.12. The molecule has 0 spiro atoms. The zero-order valence-corrected chi connectivity index (χ0v) is 14.9. The highest BCUT2D eigenvalue weighted by Crippen LogP contribution is 2.33. The molecule has 1 fully saturated rings. The SMILES string of the molecule is CC1CCN(c2ncc(C(=O)N3c4ccccc4CC3C)cn2)CC1. The van der Waals surface area contributed by atoms with E-state index in [1.54, 1.807) is 12.4 Å². The Morgan fingerprint density at radius 3 is 2.48 bits per heavy atom. The van der Waals surface area contributed by atoms with Crippen LogP contribution in [-0.2, 0) is 6.42 Å². The first kappa shape index (κ1) is 16.1. The Labute approximate surface area is 148 Å². The summed E-state index contributed by atoms with van der Waals surface area (Å²) in [6, 6.07) is 8.27. The monoisotopic (exact) mass is 336 g/mol. The van der Waals surface area contributed by atoms with Gasteiger partial charge in [0.25, 0.3) is 5.91 Å². The van der Waals surface area contributed by atoms with E-state index in [2.05, 4.69) is 34.8 Å². The van der Waals surface area contributed by atoms with Crippen molar-refractivity contribution >= 4 is 17.5 Å². The number of amides is 1. The number of carbonyl (C=O) groups is 1. The number of benzene rings is 1. The molecule has 1 atom stereocenters. The van der Waals surface area contributed by atoms with E-state index in [1.165, 1.54) is 18.4 Å². The van der Waals surface area contributed by atoms with Crippen molar-refractivity contribution in [3.8, 4) is 0 Å². The molecule has 2 aromatic rings. The number of rotatable bonds is 2. The fourth-order valence-corrected chi connectivity index (χ4v) is 3.82. The molecule has 2 aliphatic heterocycles. The molecule has 0 saturated carbocycles. The van der Waals surface area contributed by atoms with Crippen LogP contribution in [0.1, 0.15) is 42.6 Å². The van der Waals surface area contributed by atoms with Gasteiger partial charge in [0.15, 0.2) is 0 Å². The van der Waals surface area contributed by atoms with Gasteiger partial charge in [0.2, 0.25) is 5.95 Å². The molecule has 1 unspecified atom stereocenters. The molecule has 0 N–H and O–H groups in total. The molecule has 1 aromatic heterocycles. The minimum atomic E-state index is -0.0173. The number of hydrogen-bond donors (Lipinski definition) is 0. The number of piperidine rings is 1. The van der Waals surface area contributed by atoms with Crippen molar-refractivity contribution in [3.05, 3.63) is 47.8 Å². The summed E-state index contributed by atoms with van der Waals surface area (Å²) in [5, 5.41) is 0. The molecular formula is C20H24N4O. The highest BCUT2D eigenvalue weighted by atomic mass is 16.2. The number of aromatic nitrogens is 2. The molecular weight excluding hydrogens is 312 g/mol. The number of nitrogens with zero attached hydrogens (tertiary/aromatic N) is 4. The third-order valence-corrected chi connectivity index (χ3v) is 5.38. The molecule has 0 aliphatic carbocycles. The van der Waals surface area contributed by atoms with Gasteiger partial charge in [-0.2, -0.15) is 0 Å². The fraction of sp³-hybridized carbons (Fsp3) is 0.450. The van der Waals surface area contributed by atoms with E-state index >= 15 is 0 Å². The van der Waals surface area contributed by atoms with Crippen LogP contribution in [0.3, 0.4) is 0 Å². The molecule has 1 saturated heterocycles. The van der Waals surface area contributed by atoms with Crippen molar-refractivity contribution in [2.45, 2.75) is 39.2 Å². The predicted octanol–water partition coefficient (Wildman–Crippen LogP) is 3.30. The lowest BCUT2D eigenvalue weighted by atomic mass is 10.00. The number of fused-ring (bicyclic) bond motifs is 1. The molecule has 3 heterocycles. The largest absolute Gasteiger partial charge is 0.341 e. The van der Waals surface area contributed by atoms with Crippen LogP contribution >= 0.6 is 0 Å². The molecule has 5 heteroatoms. The van der Waals surface area contributed by atoms with Crippen LogP contribution in [0.25, 0.3) is 0 Å². The van der Waals surface area contributed by atoms with Crippen LogP contribution in [0.2, 0.25) is 0 Å². The molecule has 0 bridgehead atoms. The minimum Gasteiger partial charge on any atom is -0.341 e. The quantitative estimate of drug-likeness (QED) is 0.844. The lowest BCUT2D eigenvalue weighted by molar-refractivity contribution is 0.0981. The van der Waals surface area contributed by atoms with Crippen molar-refractivity contribution in [2.24, 2.45) is 5.92 Å². The highest BCUT2D eigenvalue weighted by Gasteiger charge is 2.31. The second kappa shape index (κ2) is 6.47. The zero-order chi connectivity index (χ0) is 17.4. The highest BCUT2D eigenvalue weighted by molar-refractivity contribution is 6.07. The number of carbonyl (C=O) groups excluding carboxylic acids is 1. The predicted molar refractivity (Wildman–Crippen MR) is 99.1 cm³/mol. The number of anilines is 2. The van der Waals surface area contributed by atoms with Crippen molar-refractivity contribution in [2.75, 3.05) is 22.9 Å². The Morgan fingerprint density at radius 1 is 1.08 bits per heavy atom. The summed E-state index contributed by atoms with van der Waals surface area (Å²) in [6.07, 6.45) is 6.60. The molecule has 2 aliphatic rings. The maximum Gasteiger partial charge on any atom is 0.261 e.